The second kappa shape index (κ2) is 6.88. The molecule has 0 unspecified atom stereocenters. The SMILES string of the molecule is CC(C)(C)c1ccc(COCc2ccc(C(C)(C)C)cc2)cc1. The van der Waals surface area contributed by atoms with Crippen LogP contribution in [0.25, 0.3) is 0 Å². The minimum absolute atomic E-state index is 0.203. The maximum Gasteiger partial charge on any atom is 0.0721 e. The van der Waals surface area contributed by atoms with Crippen molar-refractivity contribution < 1.29 is 4.74 Å². The lowest BCUT2D eigenvalue weighted by Gasteiger charge is -2.19. The van der Waals surface area contributed by atoms with Gasteiger partial charge in [-0.2, -0.15) is 0 Å². The van der Waals surface area contributed by atoms with Gasteiger partial charge in [-0.15, -0.1) is 0 Å². The molecule has 0 saturated heterocycles. The van der Waals surface area contributed by atoms with Crippen LogP contribution < -0.4 is 0 Å². The molecular formula is C22H30O. The fourth-order valence-corrected chi connectivity index (χ4v) is 2.49. The van der Waals surface area contributed by atoms with Crippen molar-refractivity contribution in [2.75, 3.05) is 0 Å². The van der Waals surface area contributed by atoms with Crippen LogP contribution in [0.2, 0.25) is 0 Å². The quantitative estimate of drug-likeness (QED) is 0.673. The molecule has 0 bridgehead atoms. The molecule has 1 nitrogen and oxygen atoms in total. The Morgan fingerprint density at radius 3 is 1.13 bits per heavy atom. The van der Waals surface area contributed by atoms with Gasteiger partial charge in [-0.05, 0) is 33.1 Å². The van der Waals surface area contributed by atoms with Crippen LogP contribution in [0.5, 0.6) is 0 Å². The summed E-state index contributed by atoms with van der Waals surface area (Å²) in [6.45, 7) is 14.7. The minimum atomic E-state index is 0.203. The van der Waals surface area contributed by atoms with Gasteiger partial charge < -0.3 is 4.74 Å². The van der Waals surface area contributed by atoms with Crippen molar-refractivity contribution in [1.29, 1.82) is 0 Å². The average Bonchev–Trinajstić information content (AvgIpc) is 2.46. The molecule has 0 spiro atoms. The molecule has 0 radical (unpaired) electrons. The third kappa shape index (κ3) is 5.21. The Kier molecular flexibility index (Phi) is 5.31. The Bertz CT molecular complexity index is 550. The summed E-state index contributed by atoms with van der Waals surface area (Å²) in [5, 5.41) is 0. The number of ether oxygens (including phenoxy) is 1. The molecule has 0 aliphatic heterocycles. The van der Waals surface area contributed by atoms with E-state index < -0.39 is 0 Å². The van der Waals surface area contributed by atoms with Crippen LogP contribution in [0, 0.1) is 0 Å². The predicted molar refractivity (Wildman–Crippen MR) is 98.8 cm³/mol. The molecule has 0 amide bonds. The molecule has 1 heteroatoms. The first kappa shape index (κ1) is 17.7. The van der Waals surface area contributed by atoms with Crippen molar-refractivity contribution in [2.24, 2.45) is 0 Å². The molecule has 0 aliphatic carbocycles. The Labute approximate surface area is 141 Å². The second-order valence-electron chi connectivity index (χ2n) is 8.39. The van der Waals surface area contributed by atoms with E-state index in [4.69, 9.17) is 4.74 Å². The smallest absolute Gasteiger partial charge is 0.0721 e. The predicted octanol–water partition coefficient (Wildman–Crippen LogP) is 6.00. The van der Waals surface area contributed by atoms with Gasteiger partial charge in [0.25, 0.3) is 0 Å². The van der Waals surface area contributed by atoms with Gasteiger partial charge in [0.1, 0.15) is 0 Å². The van der Waals surface area contributed by atoms with Crippen LogP contribution in [0.4, 0.5) is 0 Å². The lowest BCUT2D eigenvalue weighted by Crippen LogP contribution is -2.11. The summed E-state index contributed by atoms with van der Waals surface area (Å²) in [5.41, 5.74) is 5.58. The summed E-state index contributed by atoms with van der Waals surface area (Å²) in [4.78, 5) is 0. The summed E-state index contributed by atoms with van der Waals surface area (Å²) in [6, 6.07) is 17.5. The highest BCUT2D eigenvalue weighted by Crippen LogP contribution is 2.23. The van der Waals surface area contributed by atoms with E-state index in [0.29, 0.717) is 13.2 Å². The van der Waals surface area contributed by atoms with Crippen LogP contribution in [-0.4, -0.2) is 0 Å². The zero-order chi connectivity index (χ0) is 17.1. The van der Waals surface area contributed by atoms with Crippen molar-refractivity contribution in [1.82, 2.24) is 0 Å². The summed E-state index contributed by atoms with van der Waals surface area (Å²) in [5.74, 6) is 0. The third-order valence-corrected chi connectivity index (χ3v) is 4.18. The average molecular weight is 310 g/mol. The zero-order valence-electron chi connectivity index (χ0n) is 15.4. The van der Waals surface area contributed by atoms with E-state index in [1.165, 1.54) is 22.3 Å². The van der Waals surface area contributed by atoms with Gasteiger partial charge >= 0.3 is 0 Å². The molecular weight excluding hydrogens is 280 g/mol. The van der Waals surface area contributed by atoms with E-state index in [1.807, 2.05) is 0 Å². The molecule has 0 aromatic heterocycles. The second-order valence-corrected chi connectivity index (χ2v) is 8.39. The molecule has 0 fully saturated rings. The van der Waals surface area contributed by atoms with E-state index in [9.17, 15) is 0 Å². The molecule has 2 aromatic rings. The van der Waals surface area contributed by atoms with Gasteiger partial charge in [0.05, 0.1) is 13.2 Å². The first-order valence-electron chi connectivity index (χ1n) is 8.43. The van der Waals surface area contributed by atoms with E-state index in [0.717, 1.165) is 0 Å². The highest BCUT2D eigenvalue weighted by molar-refractivity contribution is 5.28. The first-order valence-corrected chi connectivity index (χ1v) is 8.43. The van der Waals surface area contributed by atoms with E-state index in [2.05, 4.69) is 90.1 Å². The van der Waals surface area contributed by atoms with Crippen molar-refractivity contribution >= 4 is 0 Å². The van der Waals surface area contributed by atoms with Crippen molar-refractivity contribution in [3.05, 3.63) is 70.8 Å². The molecule has 23 heavy (non-hydrogen) atoms. The summed E-state index contributed by atoms with van der Waals surface area (Å²) in [6.07, 6.45) is 0. The van der Waals surface area contributed by atoms with Gasteiger partial charge in [0, 0.05) is 0 Å². The Morgan fingerprint density at radius 2 is 0.870 bits per heavy atom. The van der Waals surface area contributed by atoms with Gasteiger partial charge in [0.2, 0.25) is 0 Å². The lowest BCUT2D eigenvalue weighted by molar-refractivity contribution is 0.107. The molecule has 2 aromatic carbocycles. The molecule has 0 atom stereocenters. The Morgan fingerprint density at radius 1 is 0.565 bits per heavy atom. The van der Waals surface area contributed by atoms with Crippen molar-refractivity contribution in [2.45, 2.75) is 65.6 Å². The van der Waals surface area contributed by atoms with E-state index in [1.54, 1.807) is 0 Å². The van der Waals surface area contributed by atoms with Gasteiger partial charge in [0.15, 0.2) is 0 Å². The molecule has 0 aliphatic rings. The van der Waals surface area contributed by atoms with Gasteiger partial charge in [-0.3, -0.25) is 0 Å². The fraction of sp³-hybridized carbons (Fsp3) is 0.455. The monoisotopic (exact) mass is 310 g/mol. The van der Waals surface area contributed by atoms with Gasteiger partial charge in [-0.25, -0.2) is 0 Å². The number of hydrogen-bond acceptors (Lipinski definition) is 1. The minimum Gasteiger partial charge on any atom is -0.372 e. The van der Waals surface area contributed by atoms with Crippen LogP contribution >= 0.6 is 0 Å². The maximum absolute atomic E-state index is 5.86. The van der Waals surface area contributed by atoms with Crippen molar-refractivity contribution in [3.63, 3.8) is 0 Å². The first-order chi connectivity index (χ1) is 10.7. The topological polar surface area (TPSA) is 9.23 Å². The molecule has 0 saturated carbocycles. The standard InChI is InChI=1S/C22H30O/c1-21(2,3)19-11-7-17(8-12-19)15-23-16-18-9-13-20(14-10-18)22(4,5)6/h7-14H,15-16H2,1-6H3. The fourth-order valence-electron chi connectivity index (χ4n) is 2.49. The molecule has 0 heterocycles. The van der Waals surface area contributed by atoms with E-state index >= 15 is 0 Å². The number of rotatable bonds is 4. The molecule has 2 rings (SSSR count). The van der Waals surface area contributed by atoms with E-state index in [-0.39, 0.29) is 10.8 Å². The zero-order valence-corrected chi connectivity index (χ0v) is 15.4. The molecule has 0 N–H and O–H groups in total. The van der Waals surface area contributed by atoms with Crippen LogP contribution in [0.3, 0.4) is 0 Å². The largest absolute Gasteiger partial charge is 0.372 e. The Hall–Kier alpha value is -1.60. The lowest BCUT2D eigenvalue weighted by atomic mass is 9.87. The van der Waals surface area contributed by atoms with Crippen LogP contribution in [0.15, 0.2) is 48.5 Å². The van der Waals surface area contributed by atoms with Crippen LogP contribution in [-0.2, 0) is 28.8 Å². The molecule has 124 valence electrons. The summed E-state index contributed by atoms with van der Waals surface area (Å²) >= 11 is 0. The summed E-state index contributed by atoms with van der Waals surface area (Å²) < 4.78 is 5.86. The Balaban J connectivity index is 1.87. The highest BCUT2D eigenvalue weighted by atomic mass is 16.5. The third-order valence-electron chi connectivity index (χ3n) is 4.18. The number of benzene rings is 2. The summed E-state index contributed by atoms with van der Waals surface area (Å²) in [7, 11) is 0. The van der Waals surface area contributed by atoms with Crippen molar-refractivity contribution in [3.8, 4) is 0 Å². The number of hydrogen-bond donors (Lipinski definition) is 0. The van der Waals surface area contributed by atoms with Crippen LogP contribution in [0.1, 0.15) is 63.8 Å². The normalized spacial score (nSPS) is 12.4. The van der Waals surface area contributed by atoms with Gasteiger partial charge in [-0.1, -0.05) is 90.1 Å². The maximum atomic E-state index is 5.86. The highest BCUT2D eigenvalue weighted by Gasteiger charge is 2.13.